The molecule has 0 radical (unpaired) electrons. The van der Waals surface area contributed by atoms with Gasteiger partial charge in [-0.2, -0.15) is 5.26 Å². The molecule has 5 atom stereocenters. The summed E-state index contributed by atoms with van der Waals surface area (Å²) in [4.78, 5) is 24.6. The van der Waals surface area contributed by atoms with Crippen molar-refractivity contribution in [3.05, 3.63) is 33.1 Å². The maximum atomic E-state index is 11.6. The zero-order valence-corrected chi connectivity index (χ0v) is 10.0. The highest BCUT2D eigenvalue weighted by Gasteiger charge is 2.88. The second-order valence-corrected chi connectivity index (χ2v) is 4.97. The van der Waals surface area contributed by atoms with E-state index in [1.807, 2.05) is 4.98 Å². The van der Waals surface area contributed by atoms with Crippen molar-refractivity contribution in [3.8, 4) is 6.07 Å². The summed E-state index contributed by atoms with van der Waals surface area (Å²) in [6.45, 7) is 0. The van der Waals surface area contributed by atoms with Crippen molar-refractivity contribution in [3.63, 3.8) is 0 Å². The maximum absolute atomic E-state index is 11.6. The second kappa shape index (κ2) is 3.46. The van der Waals surface area contributed by atoms with Crippen molar-refractivity contribution >= 4 is 11.6 Å². The van der Waals surface area contributed by atoms with Crippen LogP contribution in [0.2, 0.25) is 0 Å². The summed E-state index contributed by atoms with van der Waals surface area (Å²) < 4.78 is 6.21. The first-order valence-electron chi connectivity index (χ1n) is 5.33. The number of alkyl halides is 1. The number of fused-ring (bicyclic) bond motifs is 1. The van der Waals surface area contributed by atoms with Crippen LogP contribution in [-0.4, -0.2) is 42.4 Å². The third kappa shape index (κ3) is 1.23. The molecule has 0 amide bonds. The Morgan fingerprint density at radius 3 is 2.79 bits per heavy atom. The van der Waals surface area contributed by atoms with Crippen LogP contribution < -0.4 is 11.2 Å². The first-order valence-corrected chi connectivity index (χ1v) is 5.77. The third-order valence-electron chi connectivity index (χ3n) is 3.58. The van der Waals surface area contributed by atoms with Gasteiger partial charge < -0.3 is 14.9 Å². The number of aliphatic hydroxyl groups excluding tert-OH is 1. The lowest BCUT2D eigenvalue weighted by Crippen LogP contribution is -2.39. The number of hydrogen-bond acceptors (Lipinski definition) is 6. The predicted molar refractivity (Wildman–Crippen MR) is 60.4 cm³/mol. The van der Waals surface area contributed by atoms with Gasteiger partial charge in [0.05, 0.1) is 0 Å². The van der Waals surface area contributed by atoms with E-state index in [1.54, 1.807) is 6.07 Å². The molecule has 100 valence electrons. The molecule has 3 rings (SSSR count). The molecule has 1 aromatic rings. The molecular formula is C10H8ClN3O5. The molecule has 0 aromatic carbocycles. The number of hydrogen-bond donors (Lipinski definition) is 3. The molecule has 19 heavy (non-hydrogen) atoms. The average Bonchev–Trinajstić information content (AvgIpc) is 2.73. The van der Waals surface area contributed by atoms with Crippen LogP contribution in [0.1, 0.15) is 6.23 Å². The molecule has 0 bridgehead atoms. The van der Waals surface area contributed by atoms with Gasteiger partial charge in [-0.1, -0.05) is 0 Å². The number of H-pyrrole nitrogens is 1. The molecule has 1 aromatic heterocycles. The highest BCUT2D eigenvalue weighted by atomic mass is 35.5. The van der Waals surface area contributed by atoms with Gasteiger partial charge in [0, 0.05) is 12.3 Å². The Morgan fingerprint density at radius 2 is 2.26 bits per heavy atom. The fourth-order valence-electron chi connectivity index (χ4n) is 2.42. The van der Waals surface area contributed by atoms with Crippen LogP contribution in [-0.2, 0) is 4.74 Å². The van der Waals surface area contributed by atoms with E-state index in [-0.39, 0.29) is 0 Å². The van der Waals surface area contributed by atoms with Gasteiger partial charge >= 0.3 is 5.69 Å². The quantitative estimate of drug-likeness (QED) is 0.514. The lowest BCUT2D eigenvalue weighted by Gasteiger charge is -2.21. The van der Waals surface area contributed by atoms with Crippen LogP contribution in [0.25, 0.3) is 0 Å². The molecular weight excluding hydrogens is 278 g/mol. The van der Waals surface area contributed by atoms with Crippen molar-refractivity contribution in [2.75, 3.05) is 0 Å². The topological polar surface area (TPSA) is 128 Å². The van der Waals surface area contributed by atoms with Crippen molar-refractivity contribution in [2.24, 2.45) is 0 Å². The second-order valence-electron chi connectivity index (χ2n) is 4.50. The van der Waals surface area contributed by atoms with Crippen molar-refractivity contribution < 1.29 is 14.9 Å². The number of aromatic nitrogens is 2. The number of halogens is 1. The van der Waals surface area contributed by atoms with E-state index in [0.717, 1.165) is 16.8 Å². The Morgan fingerprint density at radius 1 is 1.58 bits per heavy atom. The molecule has 0 spiro atoms. The number of ether oxygens (including phenoxy) is 1. The minimum atomic E-state index is -1.93. The first kappa shape index (κ1) is 12.4. The predicted octanol–water partition coefficient (Wildman–Crippen LogP) is -1.96. The molecule has 2 fully saturated rings. The number of aliphatic hydroxyl groups is 2. The fourth-order valence-corrected chi connectivity index (χ4v) is 2.87. The van der Waals surface area contributed by atoms with Crippen LogP contribution in [0.5, 0.6) is 0 Å². The van der Waals surface area contributed by atoms with Crippen molar-refractivity contribution in [2.45, 2.75) is 28.9 Å². The summed E-state index contributed by atoms with van der Waals surface area (Å²) >= 11 is 5.98. The minimum Gasteiger partial charge on any atom is -0.386 e. The van der Waals surface area contributed by atoms with Crippen LogP contribution in [0.3, 0.4) is 0 Å². The lowest BCUT2D eigenvalue weighted by molar-refractivity contribution is -0.0411. The Hall–Kier alpha value is -1.66. The smallest absolute Gasteiger partial charge is 0.330 e. The van der Waals surface area contributed by atoms with Gasteiger partial charge in [0.1, 0.15) is 17.6 Å². The van der Waals surface area contributed by atoms with Gasteiger partial charge in [-0.25, -0.2) is 4.79 Å². The summed E-state index contributed by atoms with van der Waals surface area (Å²) in [6.07, 6.45) is -1.44. The largest absolute Gasteiger partial charge is 0.386 e. The van der Waals surface area contributed by atoms with E-state index >= 15 is 0 Å². The standard InChI is InChI=1S/C10H8ClN3O5/c11-5-6(14-2-1-4(15)13-8(14)17)19-9(3-12)7(16)10(5,9)18/h1-2,5-7,16,18H,(H,13,15,17)/t5-,6+,7?,9+,10+/m0/s1. The average molecular weight is 286 g/mol. The molecule has 2 aliphatic rings. The van der Waals surface area contributed by atoms with Crippen LogP contribution in [0.4, 0.5) is 0 Å². The molecule has 1 saturated carbocycles. The molecule has 2 heterocycles. The van der Waals surface area contributed by atoms with E-state index in [9.17, 15) is 19.8 Å². The normalized spacial score (nSPS) is 43.6. The van der Waals surface area contributed by atoms with Gasteiger partial charge in [0.2, 0.25) is 5.60 Å². The monoisotopic (exact) mass is 285 g/mol. The van der Waals surface area contributed by atoms with Gasteiger partial charge in [-0.3, -0.25) is 14.3 Å². The number of nitrogens with zero attached hydrogens (tertiary/aromatic N) is 2. The Balaban J connectivity index is 2.05. The summed E-state index contributed by atoms with van der Waals surface area (Å²) in [5, 5.41) is 27.5. The van der Waals surface area contributed by atoms with Crippen molar-refractivity contribution in [1.29, 1.82) is 5.26 Å². The van der Waals surface area contributed by atoms with E-state index in [1.165, 1.54) is 0 Å². The number of nitriles is 1. The summed E-state index contributed by atoms with van der Waals surface area (Å²) in [6, 6.07) is 2.75. The van der Waals surface area contributed by atoms with E-state index < -0.39 is 40.2 Å². The maximum Gasteiger partial charge on any atom is 0.330 e. The SMILES string of the molecule is N#C[C@]12O[C@@H](n3ccc(=O)[nH]c3=O)[C@H](Cl)[C@@]1(O)C2O. The van der Waals surface area contributed by atoms with E-state index in [0.29, 0.717) is 0 Å². The van der Waals surface area contributed by atoms with Crippen LogP contribution in [0.15, 0.2) is 21.9 Å². The van der Waals surface area contributed by atoms with Gasteiger partial charge in [0.15, 0.2) is 11.8 Å². The zero-order chi connectivity index (χ0) is 14.0. The van der Waals surface area contributed by atoms with Crippen LogP contribution in [0, 0.1) is 11.3 Å². The highest BCUT2D eigenvalue weighted by molar-refractivity contribution is 6.22. The van der Waals surface area contributed by atoms with E-state index in [2.05, 4.69) is 0 Å². The molecule has 1 saturated heterocycles. The Bertz CT molecular complexity index is 708. The number of nitrogens with one attached hydrogen (secondary N) is 1. The number of aromatic amines is 1. The first-order chi connectivity index (χ1) is 8.88. The van der Waals surface area contributed by atoms with Gasteiger partial charge in [-0.15, -0.1) is 11.6 Å². The molecule has 1 aliphatic carbocycles. The Kier molecular flexibility index (Phi) is 2.25. The number of rotatable bonds is 1. The van der Waals surface area contributed by atoms with Crippen LogP contribution >= 0.6 is 11.6 Å². The Labute approximate surface area is 110 Å². The third-order valence-corrected chi connectivity index (χ3v) is 4.13. The molecule has 1 aliphatic heterocycles. The zero-order valence-electron chi connectivity index (χ0n) is 9.28. The highest BCUT2D eigenvalue weighted by Crippen LogP contribution is 2.63. The van der Waals surface area contributed by atoms with Gasteiger partial charge in [-0.05, 0) is 0 Å². The summed E-state index contributed by atoms with van der Waals surface area (Å²) in [7, 11) is 0. The fraction of sp³-hybridized carbons (Fsp3) is 0.500. The molecule has 1 unspecified atom stereocenters. The van der Waals surface area contributed by atoms with Gasteiger partial charge in [0.25, 0.3) is 5.56 Å². The molecule has 3 N–H and O–H groups in total. The minimum absolute atomic E-state index is 0.593. The lowest BCUT2D eigenvalue weighted by atomic mass is 10.2. The molecule has 9 heteroatoms. The summed E-state index contributed by atoms with van der Waals surface area (Å²) in [5.41, 5.74) is -5.14. The summed E-state index contributed by atoms with van der Waals surface area (Å²) in [5.74, 6) is 0. The van der Waals surface area contributed by atoms with E-state index in [4.69, 9.17) is 21.6 Å². The van der Waals surface area contributed by atoms with Crippen molar-refractivity contribution in [1.82, 2.24) is 9.55 Å². The molecule has 8 nitrogen and oxygen atoms in total.